The van der Waals surface area contributed by atoms with Gasteiger partial charge < -0.3 is 88.3 Å². The molecule has 8 heterocycles. The van der Waals surface area contributed by atoms with Gasteiger partial charge in [0, 0.05) is 190 Å². The van der Waals surface area contributed by atoms with Gasteiger partial charge in [-0.15, -0.1) is 0 Å². The number of benzene rings is 4. The first kappa shape index (κ1) is 92.9. The lowest BCUT2D eigenvalue weighted by Gasteiger charge is -2.43. The van der Waals surface area contributed by atoms with E-state index in [4.69, 9.17) is 43.4 Å². The van der Waals surface area contributed by atoms with Crippen LogP contribution in [0.15, 0.2) is 121 Å². The number of carboxylic acid groups (broad SMARTS) is 1. The maximum absolute atomic E-state index is 12.1. The molecule has 0 spiro atoms. The third-order valence-electron chi connectivity index (χ3n) is 18.4. The second kappa shape index (κ2) is 45.8. The predicted octanol–water partition coefficient (Wildman–Crippen LogP) is 7.83. The standard InChI is InChI=1S/C21H31N3O4.C13H25N3O2.C13H17NO5S.C12H13NO4.C12H15NO3.C9H18N2O2.B/c1-21(2,3)28-20(26)23-11-9-22(10-12-23)13-18-14-24(15-18)19(25)27-16-17-7-5-4-6-8-17;1-13(2,3)18-12(17)16-6-4-15(5-7-16)10-11-8-14-9-11;1-20(16,17)19-10-12-7-14(8-12)13(15)18-9-11-5-3-2-4-6-11;14-11(15)10-6-13(7-10)12(16)17-8-9-4-2-1-3-5-9;14-8-11-6-13(7-11)12(15)16-9-10-4-2-1-3-5-10;1-9(2,3)13-8(12)11-6-4-10-5-7-11;/h4-8,18H,9-16H2,1-3H3;11,14H,4-10H2,1-3H3;2-6,12H,7-10H2,1H3;1-5,10H,6-8H2,(H,14,15);1-5,11,14H,6-9H2;10H,4-7H2,1-3H3;. The SMILES string of the molecule is CC(C)(C)OC(=O)N1CCN(CC2CN(C(=O)OCc3ccccc3)C2)CC1.CC(C)(C)OC(=O)N1CCN(CC2CNC2)CC1.CC(C)(C)OC(=O)N1CCNCC1.CS(=O)(=O)OCC1CN(C(=O)OCc2ccccc2)C1.O=C(O)C1CN(C(=O)OCc2ccccc2)C1.O=C(OCc1ccccc1)N1CC(CO)C1.[B]. The van der Waals surface area contributed by atoms with Gasteiger partial charge in [-0.3, -0.25) is 18.8 Å². The highest BCUT2D eigenvalue weighted by Gasteiger charge is 2.39. The Morgan fingerprint density at radius 2 is 0.681 bits per heavy atom. The van der Waals surface area contributed by atoms with Crippen LogP contribution in [0.2, 0.25) is 0 Å². The molecule has 31 nitrogen and oxygen atoms in total. The molecule has 623 valence electrons. The number of nitrogens with zero attached hydrogens (tertiary/aromatic N) is 9. The third kappa shape index (κ3) is 35.5. The number of amides is 7. The second-order valence-corrected chi connectivity index (χ2v) is 33.5. The van der Waals surface area contributed by atoms with Gasteiger partial charge >= 0.3 is 48.6 Å². The van der Waals surface area contributed by atoms with Gasteiger partial charge in [0.2, 0.25) is 0 Å². The summed E-state index contributed by atoms with van der Waals surface area (Å²) in [5.74, 6) is 0.241. The van der Waals surface area contributed by atoms with Crippen LogP contribution in [0.25, 0.3) is 0 Å². The highest BCUT2D eigenvalue weighted by molar-refractivity contribution is 7.86. The Bertz CT molecular complexity index is 3650. The van der Waals surface area contributed by atoms with Crippen molar-refractivity contribution in [1.82, 2.24) is 54.7 Å². The van der Waals surface area contributed by atoms with Gasteiger partial charge in [-0.25, -0.2) is 33.6 Å². The number of nitrogens with one attached hydrogen (secondary N) is 2. The van der Waals surface area contributed by atoms with Crippen LogP contribution in [0.1, 0.15) is 84.6 Å². The molecule has 8 saturated heterocycles. The molecule has 8 aliphatic heterocycles. The molecule has 8 aliphatic rings. The maximum Gasteiger partial charge on any atom is 0.410 e. The largest absolute Gasteiger partial charge is 0.481 e. The fraction of sp³-hybridized carbons (Fsp3) is 0.600. The summed E-state index contributed by atoms with van der Waals surface area (Å²) < 4.78 is 63.1. The van der Waals surface area contributed by atoms with E-state index in [2.05, 4.69) is 24.6 Å². The molecule has 0 aliphatic carbocycles. The van der Waals surface area contributed by atoms with E-state index in [9.17, 15) is 46.8 Å². The van der Waals surface area contributed by atoms with Gasteiger partial charge in [0.15, 0.2) is 0 Å². The van der Waals surface area contributed by atoms with Crippen LogP contribution in [0.3, 0.4) is 0 Å². The van der Waals surface area contributed by atoms with Gasteiger partial charge in [-0.2, -0.15) is 8.42 Å². The Labute approximate surface area is 668 Å². The summed E-state index contributed by atoms with van der Waals surface area (Å²) in [5, 5.41) is 24.0. The Hall–Kier alpha value is -8.99. The minimum absolute atomic E-state index is 0. The quantitative estimate of drug-likeness (QED) is 0.0444. The molecule has 12 rings (SSSR count). The highest BCUT2D eigenvalue weighted by atomic mass is 32.2. The monoisotopic (exact) mass is 1600 g/mol. The van der Waals surface area contributed by atoms with E-state index in [1.54, 1.807) is 19.6 Å². The van der Waals surface area contributed by atoms with Crippen LogP contribution in [-0.2, 0) is 78.7 Å². The van der Waals surface area contributed by atoms with Crippen LogP contribution < -0.4 is 10.6 Å². The second-order valence-electron chi connectivity index (χ2n) is 31.9. The van der Waals surface area contributed by atoms with Crippen molar-refractivity contribution in [3.8, 4) is 0 Å². The molecule has 4 aromatic carbocycles. The van der Waals surface area contributed by atoms with E-state index in [0.717, 1.165) is 139 Å². The number of carboxylic acids is 1. The van der Waals surface area contributed by atoms with E-state index < -0.39 is 39.3 Å². The first-order chi connectivity index (χ1) is 53.1. The zero-order valence-electron chi connectivity index (χ0n) is 67.4. The van der Waals surface area contributed by atoms with Crippen molar-refractivity contribution >= 4 is 67.2 Å². The van der Waals surface area contributed by atoms with Gasteiger partial charge in [0.25, 0.3) is 10.1 Å². The number of aliphatic hydroxyl groups is 1. The van der Waals surface area contributed by atoms with E-state index in [0.29, 0.717) is 58.4 Å². The molecule has 0 saturated carbocycles. The number of likely N-dealkylation sites (tertiary alicyclic amines) is 4. The molecule has 7 amide bonds. The molecule has 0 unspecified atom stereocenters. The Kier molecular flexibility index (Phi) is 37.6. The lowest BCUT2D eigenvalue weighted by atomic mass is 10.00. The summed E-state index contributed by atoms with van der Waals surface area (Å²) in [7, 11) is -3.41. The number of piperazine rings is 3. The van der Waals surface area contributed by atoms with Gasteiger partial charge in [-0.05, 0) is 90.5 Å². The third-order valence-corrected chi connectivity index (χ3v) is 19.0. The number of carbonyl (C=O) groups excluding carboxylic acids is 7. The molecule has 0 atom stereocenters. The smallest absolute Gasteiger partial charge is 0.410 e. The summed E-state index contributed by atoms with van der Waals surface area (Å²) >= 11 is 0. The molecule has 113 heavy (non-hydrogen) atoms. The van der Waals surface area contributed by atoms with Crippen molar-refractivity contribution < 1.29 is 94.3 Å². The van der Waals surface area contributed by atoms with E-state index >= 15 is 0 Å². The highest BCUT2D eigenvalue weighted by Crippen LogP contribution is 2.24. The van der Waals surface area contributed by atoms with Crippen LogP contribution in [0.5, 0.6) is 0 Å². The van der Waals surface area contributed by atoms with Crippen molar-refractivity contribution in [3.05, 3.63) is 144 Å². The number of ether oxygens (including phenoxy) is 7. The number of rotatable bonds is 17. The Morgan fingerprint density at radius 3 is 0.965 bits per heavy atom. The molecule has 0 bridgehead atoms. The lowest BCUT2D eigenvalue weighted by Crippen LogP contribution is -2.57. The molecule has 4 aromatic rings. The van der Waals surface area contributed by atoms with Crippen molar-refractivity contribution in [2.75, 3.05) is 177 Å². The Morgan fingerprint density at radius 1 is 0.389 bits per heavy atom. The average Bonchev–Trinajstić information content (AvgIpc) is 0.832. The number of carbonyl (C=O) groups is 8. The van der Waals surface area contributed by atoms with Crippen LogP contribution in [0, 0.1) is 29.6 Å². The summed E-state index contributed by atoms with van der Waals surface area (Å²) in [5.41, 5.74) is 2.58. The van der Waals surface area contributed by atoms with Crippen molar-refractivity contribution in [2.24, 2.45) is 29.6 Å². The minimum Gasteiger partial charge on any atom is -0.481 e. The predicted molar refractivity (Wildman–Crippen MR) is 424 cm³/mol. The molecular weight excluding hydrogens is 1480 g/mol. The fourth-order valence-electron chi connectivity index (χ4n) is 12.0. The van der Waals surface area contributed by atoms with Gasteiger partial charge in [0.1, 0.15) is 43.2 Å². The maximum atomic E-state index is 12.1. The van der Waals surface area contributed by atoms with Gasteiger partial charge in [0.05, 0.1) is 18.8 Å². The van der Waals surface area contributed by atoms with E-state index in [1.165, 1.54) is 9.80 Å². The first-order valence-corrected chi connectivity index (χ1v) is 40.2. The van der Waals surface area contributed by atoms with Crippen molar-refractivity contribution in [2.45, 2.75) is 106 Å². The zero-order valence-corrected chi connectivity index (χ0v) is 68.2. The van der Waals surface area contributed by atoms with Crippen LogP contribution >= 0.6 is 0 Å². The van der Waals surface area contributed by atoms with Crippen molar-refractivity contribution in [3.63, 3.8) is 0 Å². The molecule has 33 heteroatoms. The number of aliphatic hydroxyl groups excluding tert-OH is 1. The number of hydrogen-bond donors (Lipinski definition) is 4. The Balaban J connectivity index is 0.000000214. The van der Waals surface area contributed by atoms with E-state index in [1.807, 2.05) is 189 Å². The normalized spacial score (nSPS) is 17.6. The molecular formula is C80H119BN11O20S. The van der Waals surface area contributed by atoms with Gasteiger partial charge in [-0.1, -0.05) is 121 Å². The number of aliphatic carboxylic acids is 1. The summed E-state index contributed by atoms with van der Waals surface area (Å²) in [6.45, 7) is 36.6. The molecule has 3 radical (unpaired) electrons. The molecule has 8 fully saturated rings. The fourth-order valence-corrected chi connectivity index (χ4v) is 12.4. The first-order valence-electron chi connectivity index (χ1n) is 38.4. The molecule has 0 aromatic heterocycles. The molecule has 4 N–H and O–H groups in total. The van der Waals surface area contributed by atoms with Crippen molar-refractivity contribution in [1.29, 1.82) is 0 Å². The summed E-state index contributed by atoms with van der Waals surface area (Å²) in [4.78, 5) is 109. The average molecular weight is 1600 g/mol. The van der Waals surface area contributed by atoms with Crippen LogP contribution in [-0.4, -0.2) is 313 Å². The summed E-state index contributed by atoms with van der Waals surface area (Å²) in [6, 6.07) is 38.1. The number of hydrogen-bond acceptors (Lipinski definition) is 23. The lowest BCUT2D eigenvalue weighted by molar-refractivity contribution is -0.146. The minimum atomic E-state index is -3.41. The summed E-state index contributed by atoms with van der Waals surface area (Å²) in [6.07, 6.45) is -0.971. The zero-order chi connectivity index (χ0) is 81.4. The topological polar surface area (TPSA) is 338 Å². The van der Waals surface area contributed by atoms with Crippen LogP contribution in [0.4, 0.5) is 33.6 Å². The van der Waals surface area contributed by atoms with E-state index in [-0.39, 0.29) is 102 Å².